The molecule has 1 amide bonds. The van der Waals surface area contributed by atoms with Crippen LogP contribution >= 0.6 is 23.2 Å². The van der Waals surface area contributed by atoms with Crippen LogP contribution in [0.1, 0.15) is 11.3 Å². The third-order valence-electron chi connectivity index (χ3n) is 3.88. The van der Waals surface area contributed by atoms with Crippen molar-refractivity contribution in [3.8, 4) is 11.5 Å². The van der Waals surface area contributed by atoms with E-state index in [0.717, 1.165) is 0 Å². The lowest BCUT2D eigenvalue weighted by atomic mass is 10.2. The van der Waals surface area contributed by atoms with Crippen molar-refractivity contribution in [2.24, 2.45) is 0 Å². The van der Waals surface area contributed by atoms with E-state index >= 15 is 0 Å². The number of ether oxygens (including phenoxy) is 1. The number of para-hydroxylation sites is 1. The van der Waals surface area contributed by atoms with Gasteiger partial charge in [-0.25, -0.2) is 0 Å². The Labute approximate surface area is 166 Å². The van der Waals surface area contributed by atoms with Crippen molar-refractivity contribution in [2.75, 3.05) is 6.61 Å². The number of benzene rings is 2. The first-order valence-corrected chi connectivity index (χ1v) is 8.93. The summed E-state index contributed by atoms with van der Waals surface area (Å²) in [4.78, 5) is 14.3. The minimum atomic E-state index is -0.286. The molecule has 3 aromatic rings. The van der Waals surface area contributed by atoms with Crippen LogP contribution in [0.15, 0.2) is 65.3 Å². The van der Waals surface area contributed by atoms with Crippen molar-refractivity contribution in [3.05, 3.63) is 82.2 Å². The Morgan fingerprint density at radius 2 is 1.89 bits per heavy atom. The molecule has 0 bridgehead atoms. The zero-order valence-corrected chi connectivity index (χ0v) is 15.8. The Kier molecular flexibility index (Phi) is 6.27. The van der Waals surface area contributed by atoms with Crippen molar-refractivity contribution in [1.82, 2.24) is 4.90 Å². The van der Waals surface area contributed by atoms with Crippen LogP contribution in [0.25, 0.3) is 0 Å². The van der Waals surface area contributed by atoms with E-state index in [1.54, 1.807) is 60.9 Å². The minimum absolute atomic E-state index is 0.119. The molecule has 0 atom stereocenters. The summed E-state index contributed by atoms with van der Waals surface area (Å²) in [6.07, 6.45) is 1.54. The van der Waals surface area contributed by atoms with Crippen LogP contribution in [0, 0.1) is 0 Å². The SMILES string of the molecule is O=C(COc1cc(Cl)ccc1Cl)N(Cc1ccco1)Cc1ccccc1O. The number of rotatable bonds is 7. The van der Waals surface area contributed by atoms with E-state index in [2.05, 4.69) is 0 Å². The topological polar surface area (TPSA) is 62.9 Å². The molecule has 0 aliphatic heterocycles. The van der Waals surface area contributed by atoms with Gasteiger partial charge in [-0.05, 0) is 30.3 Å². The Morgan fingerprint density at radius 3 is 2.63 bits per heavy atom. The fourth-order valence-electron chi connectivity index (χ4n) is 2.49. The molecule has 0 fully saturated rings. The number of aromatic hydroxyl groups is 1. The van der Waals surface area contributed by atoms with Gasteiger partial charge in [0.25, 0.3) is 5.91 Å². The maximum Gasteiger partial charge on any atom is 0.261 e. The highest BCUT2D eigenvalue weighted by atomic mass is 35.5. The molecule has 0 saturated carbocycles. The van der Waals surface area contributed by atoms with E-state index < -0.39 is 0 Å². The monoisotopic (exact) mass is 405 g/mol. The summed E-state index contributed by atoms with van der Waals surface area (Å²) >= 11 is 12.0. The predicted molar refractivity (Wildman–Crippen MR) is 103 cm³/mol. The fourth-order valence-corrected chi connectivity index (χ4v) is 2.83. The molecule has 0 aliphatic rings. The average Bonchev–Trinajstić information content (AvgIpc) is 3.16. The van der Waals surface area contributed by atoms with E-state index in [1.165, 1.54) is 4.90 Å². The lowest BCUT2D eigenvalue weighted by molar-refractivity contribution is -0.134. The minimum Gasteiger partial charge on any atom is -0.508 e. The van der Waals surface area contributed by atoms with Gasteiger partial charge in [-0.15, -0.1) is 0 Å². The second kappa shape index (κ2) is 8.84. The number of nitrogens with zero attached hydrogens (tertiary/aromatic N) is 1. The number of carbonyl (C=O) groups is 1. The molecule has 0 saturated heterocycles. The number of hydrogen-bond acceptors (Lipinski definition) is 4. The van der Waals surface area contributed by atoms with Gasteiger partial charge in [0.15, 0.2) is 6.61 Å². The van der Waals surface area contributed by atoms with Gasteiger partial charge in [-0.1, -0.05) is 41.4 Å². The lowest BCUT2D eigenvalue weighted by Crippen LogP contribution is -2.34. The highest BCUT2D eigenvalue weighted by Gasteiger charge is 2.18. The van der Waals surface area contributed by atoms with Crippen molar-refractivity contribution >= 4 is 29.1 Å². The summed E-state index contributed by atoms with van der Waals surface area (Å²) in [6, 6.07) is 15.2. The largest absolute Gasteiger partial charge is 0.508 e. The maximum atomic E-state index is 12.8. The standard InChI is InChI=1S/C20H17Cl2NO4/c21-15-7-8-17(22)19(10-15)27-13-20(25)23(12-16-5-3-9-26-16)11-14-4-1-2-6-18(14)24/h1-10,24H,11-13H2. The number of phenolic OH excluding ortho intramolecular Hbond substituents is 1. The molecule has 5 nitrogen and oxygen atoms in total. The average molecular weight is 406 g/mol. The van der Waals surface area contributed by atoms with Gasteiger partial charge in [-0.2, -0.15) is 0 Å². The van der Waals surface area contributed by atoms with Crippen LogP contribution < -0.4 is 4.74 Å². The Hall–Kier alpha value is -2.63. The second-order valence-electron chi connectivity index (χ2n) is 5.82. The number of phenols is 1. The zero-order chi connectivity index (χ0) is 19.2. The molecule has 3 rings (SSSR count). The van der Waals surface area contributed by atoms with Crippen LogP contribution in [0.2, 0.25) is 10.0 Å². The molecule has 0 spiro atoms. The Bertz CT molecular complexity index is 912. The first-order chi connectivity index (χ1) is 13.0. The van der Waals surface area contributed by atoms with Crippen LogP contribution in [0.4, 0.5) is 0 Å². The highest BCUT2D eigenvalue weighted by Crippen LogP contribution is 2.28. The third-order valence-corrected chi connectivity index (χ3v) is 4.42. The first-order valence-electron chi connectivity index (χ1n) is 8.18. The molecule has 2 aromatic carbocycles. The quantitative estimate of drug-likeness (QED) is 0.606. The van der Waals surface area contributed by atoms with Gasteiger partial charge in [0.2, 0.25) is 0 Å². The summed E-state index contributed by atoms with van der Waals surface area (Å²) in [5, 5.41) is 10.8. The van der Waals surface area contributed by atoms with Gasteiger partial charge >= 0.3 is 0 Å². The molecule has 0 radical (unpaired) electrons. The predicted octanol–water partition coefficient (Wildman–Crippen LogP) is 4.90. The molecule has 0 unspecified atom stereocenters. The van der Waals surface area contributed by atoms with Crippen LogP contribution in [0.3, 0.4) is 0 Å². The second-order valence-corrected chi connectivity index (χ2v) is 6.66. The van der Waals surface area contributed by atoms with E-state index in [4.69, 9.17) is 32.4 Å². The number of amides is 1. The van der Waals surface area contributed by atoms with Crippen LogP contribution in [0.5, 0.6) is 11.5 Å². The number of halogens is 2. The molecule has 1 aromatic heterocycles. The van der Waals surface area contributed by atoms with E-state index in [9.17, 15) is 9.90 Å². The van der Waals surface area contributed by atoms with E-state index in [0.29, 0.717) is 27.1 Å². The third kappa shape index (κ3) is 5.18. The summed E-state index contributed by atoms with van der Waals surface area (Å²) in [7, 11) is 0. The molecule has 27 heavy (non-hydrogen) atoms. The summed E-state index contributed by atoms with van der Waals surface area (Å²) in [5.41, 5.74) is 0.623. The Morgan fingerprint density at radius 1 is 1.07 bits per heavy atom. The number of carbonyl (C=O) groups excluding carboxylic acids is 1. The van der Waals surface area contributed by atoms with Crippen molar-refractivity contribution in [2.45, 2.75) is 13.1 Å². The van der Waals surface area contributed by atoms with E-state index in [-0.39, 0.29) is 31.4 Å². The highest BCUT2D eigenvalue weighted by molar-refractivity contribution is 6.34. The molecule has 1 heterocycles. The zero-order valence-electron chi connectivity index (χ0n) is 14.3. The maximum absolute atomic E-state index is 12.8. The fraction of sp³-hybridized carbons (Fsp3) is 0.150. The Balaban J connectivity index is 1.73. The molecular weight excluding hydrogens is 389 g/mol. The number of hydrogen-bond donors (Lipinski definition) is 1. The molecule has 140 valence electrons. The van der Waals surface area contributed by atoms with Crippen molar-refractivity contribution in [1.29, 1.82) is 0 Å². The molecule has 0 aliphatic carbocycles. The van der Waals surface area contributed by atoms with Crippen molar-refractivity contribution < 1.29 is 19.1 Å². The summed E-state index contributed by atoms with van der Waals surface area (Å²) < 4.78 is 10.9. The van der Waals surface area contributed by atoms with E-state index in [1.807, 2.05) is 0 Å². The molecular formula is C20H17Cl2NO4. The van der Waals surface area contributed by atoms with Gasteiger partial charge in [-0.3, -0.25) is 4.79 Å². The number of furan rings is 1. The van der Waals surface area contributed by atoms with Crippen LogP contribution in [-0.2, 0) is 17.9 Å². The van der Waals surface area contributed by atoms with Gasteiger partial charge in [0, 0.05) is 23.2 Å². The first kappa shape index (κ1) is 19.1. The van der Waals surface area contributed by atoms with Crippen molar-refractivity contribution in [3.63, 3.8) is 0 Å². The lowest BCUT2D eigenvalue weighted by Gasteiger charge is -2.22. The molecule has 7 heteroatoms. The normalized spacial score (nSPS) is 10.6. The van der Waals surface area contributed by atoms with Gasteiger partial charge in [0.05, 0.1) is 17.8 Å². The molecule has 1 N–H and O–H groups in total. The smallest absolute Gasteiger partial charge is 0.261 e. The summed E-state index contributed by atoms with van der Waals surface area (Å²) in [6.45, 7) is 0.222. The van der Waals surface area contributed by atoms with Gasteiger partial charge in [0.1, 0.15) is 17.3 Å². The van der Waals surface area contributed by atoms with Crippen LogP contribution in [-0.4, -0.2) is 22.5 Å². The van der Waals surface area contributed by atoms with Gasteiger partial charge < -0.3 is 19.2 Å². The summed E-state index contributed by atoms with van der Waals surface area (Å²) in [5.74, 6) is 0.789.